The van der Waals surface area contributed by atoms with Crippen LogP contribution in [0, 0.1) is 11.3 Å². The quantitative estimate of drug-likeness (QED) is 0.423. The van der Waals surface area contributed by atoms with Crippen molar-refractivity contribution >= 4 is 40.4 Å². The number of benzene rings is 1. The largest absolute Gasteiger partial charge is 0.317 e. The molecular weight excluding hydrogens is 354 g/mol. The van der Waals surface area contributed by atoms with Gasteiger partial charge in [0.2, 0.25) is 10.3 Å². The van der Waals surface area contributed by atoms with Crippen LogP contribution in [0.4, 0.5) is 5.13 Å². The molecule has 0 fully saturated rings. The molecule has 25 heavy (non-hydrogen) atoms. The lowest BCUT2D eigenvalue weighted by atomic mass is 10.2. The smallest absolute Gasteiger partial charge is 0.268 e. The van der Waals surface area contributed by atoms with Crippen LogP contribution < -0.4 is 5.32 Å². The van der Waals surface area contributed by atoms with Crippen molar-refractivity contribution in [2.45, 2.75) is 5.16 Å². The number of aromatic nitrogens is 3. The lowest BCUT2D eigenvalue weighted by Crippen LogP contribution is -2.13. The van der Waals surface area contributed by atoms with Crippen LogP contribution in [0.25, 0.3) is 11.8 Å². The summed E-state index contributed by atoms with van der Waals surface area (Å²) in [5.74, 6) is -0.507. The topological polar surface area (TPSA) is 83.6 Å². The maximum atomic E-state index is 12.3. The molecule has 0 saturated heterocycles. The number of hydrogen-bond acceptors (Lipinski definition) is 6. The Kier molecular flexibility index (Phi) is 5.28. The molecule has 3 aromatic rings. The zero-order chi connectivity index (χ0) is 17.6. The predicted molar refractivity (Wildman–Crippen MR) is 99.7 cm³/mol. The molecule has 124 valence electrons. The molecule has 1 amide bonds. The number of thioether (sulfide) groups is 1. The van der Waals surface area contributed by atoms with Crippen molar-refractivity contribution in [3.05, 3.63) is 59.9 Å². The van der Waals surface area contributed by atoms with Gasteiger partial charge in [-0.1, -0.05) is 30.0 Å². The number of hydrogen-bond donors (Lipinski definition) is 1. The second-order valence-corrected chi connectivity index (χ2v) is 6.37. The minimum Gasteiger partial charge on any atom is -0.317 e. The molecule has 2 heterocycles. The van der Waals surface area contributed by atoms with Crippen LogP contribution in [0.15, 0.2) is 59.4 Å². The molecule has 0 bridgehead atoms. The third-order valence-electron chi connectivity index (χ3n) is 3.28. The van der Waals surface area contributed by atoms with Gasteiger partial charge in [-0.15, -0.1) is 0 Å². The maximum Gasteiger partial charge on any atom is 0.268 e. The van der Waals surface area contributed by atoms with E-state index in [-0.39, 0.29) is 5.57 Å². The van der Waals surface area contributed by atoms with E-state index in [4.69, 9.17) is 0 Å². The number of rotatable bonds is 5. The molecule has 0 spiro atoms. The van der Waals surface area contributed by atoms with Gasteiger partial charge < -0.3 is 4.57 Å². The van der Waals surface area contributed by atoms with Crippen molar-refractivity contribution < 1.29 is 4.79 Å². The molecule has 0 radical (unpaired) electrons. The highest BCUT2D eigenvalue weighted by molar-refractivity contribution is 7.98. The molecule has 0 aliphatic carbocycles. The van der Waals surface area contributed by atoms with Gasteiger partial charge >= 0.3 is 0 Å². The summed E-state index contributed by atoms with van der Waals surface area (Å²) in [7, 11) is 0. The summed E-state index contributed by atoms with van der Waals surface area (Å²) in [6.07, 6.45) is 5.29. The molecule has 3 rings (SSSR count). The summed E-state index contributed by atoms with van der Waals surface area (Å²) in [4.78, 5) is 16.5. The monoisotopic (exact) mass is 367 g/mol. The van der Waals surface area contributed by atoms with E-state index in [1.807, 2.05) is 65.6 Å². The van der Waals surface area contributed by atoms with Gasteiger partial charge in [0.25, 0.3) is 5.91 Å². The van der Waals surface area contributed by atoms with Crippen LogP contribution in [-0.2, 0) is 4.79 Å². The molecule has 2 aromatic heterocycles. The zero-order valence-corrected chi connectivity index (χ0v) is 14.8. The maximum absolute atomic E-state index is 12.3. The summed E-state index contributed by atoms with van der Waals surface area (Å²) in [5.41, 5.74) is 1.68. The molecule has 0 unspecified atom stereocenters. The zero-order valence-electron chi connectivity index (χ0n) is 13.2. The Bertz CT molecular complexity index is 953. The fourth-order valence-corrected chi connectivity index (χ4v) is 3.26. The third kappa shape index (κ3) is 3.96. The van der Waals surface area contributed by atoms with E-state index in [9.17, 15) is 10.1 Å². The van der Waals surface area contributed by atoms with Crippen LogP contribution in [0.5, 0.6) is 0 Å². The van der Waals surface area contributed by atoms with Gasteiger partial charge in [0, 0.05) is 29.1 Å². The summed E-state index contributed by atoms with van der Waals surface area (Å²) >= 11 is 2.47. The first-order chi connectivity index (χ1) is 12.2. The standard InChI is InChI=1S/C17H13N5OS2/c1-24-17-20-16(25-21-17)19-15(23)12(11-18)10-14-8-5-9-22(14)13-6-3-2-4-7-13/h2-10H,1H3,(H,19,20,21,23)/b12-10-. The summed E-state index contributed by atoms with van der Waals surface area (Å²) in [5, 5.41) is 12.9. The van der Waals surface area contributed by atoms with E-state index in [0.29, 0.717) is 10.3 Å². The van der Waals surface area contributed by atoms with E-state index in [1.54, 1.807) is 6.08 Å². The van der Waals surface area contributed by atoms with E-state index < -0.39 is 5.91 Å². The van der Waals surface area contributed by atoms with Gasteiger partial charge in [-0.2, -0.15) is 14.6 Å². The normalized spacial score (nSPS) is 11.1. The lowest BCUT2D eigenvalue weighted by molar-refractivity contribution is -0.112. The first kappa shape index (κ1) is 17.0. The van der Waals surface area contributed by atoms with Crippen LogP contribution in [0.3, 0.4) is 0 Å². The van der Waals surface area contributed by atoms with E-state index in [0.717, 1.165) is 22.9 Å². The van der Waals surface area contributed by atoms with Gasteiger partial charge in [0.15, 0.2) is 0 Å². The highest BCUT2D eigenvalue weighted by Crippen LogP contribution is 2.19. The molecule has 0 saturated carbocycles. The van der Waals surface area contributed by atoms with Gasteiger partial charge in [0.1, 0.15) is 11.6 Å². The highest BCUT2D eigenvalue weighted by atomic mass is 32.2. The number of nitrogens with zero attached hydrogens (tertiary/aromatic N) is 4. The van der Waals surface area contributed by atoms with Crippen molar-refractivity contribution in [3.8, 4) is 11.8 Å². The van der Waals surface area contributed by atoms with Gasteiger partial charge in [-0.25, -0.2) is 0 Å². The van der Waals surface area contributed by atoms with Crippen molar-refractivity contribution in [3.63, 3.8) is 0 Å². The second kappa shape index (κ2) is 7.79. The van der Waals surface area contributed by atoms with Crippen molar-refractivity contribution in [2.75, 3.05) is 11.6 Å². The van der Waals surface area contributed by atoms with E-state index >= 15 is 0 Å². The van der Waals surface area contributed by atoms with E-state index in [1.165, 1.54) is 11.8 Å². The Labute approximate surface area is 153 Å². The van der Waals surface area contributed by atoms with Gasteiger partial charge in [-0.3, -0.25) is 10.1 Å². The first-order valence-corrected chi connectivity index (χ1v) is 9.24. The summed E-state index contributed by atoms with van der Waals surface area (Å²) in [6.45, 7) is 0. The fraction of sp³-hybridized carbons (Fsp3) is 0.0588. The number of carbonyl (C=O) groups excluding carboxylic acids is 1. The average Bonchev–Trinajstić information content (AvgIpc) is 3.29. The number of nitrogens with one attached hydrogen (secondary N) is 1. The number of nitriles is 1. The molecular formula is C17H13N5OS2. The summed E-state index contributed by atoms with van der Waals surface area (Å²) < 4.78 is 5.98. The molecule has 0 atom stereocenters. The van der Waals surface area contributed by atoms with Crippen molar-refractivity contribution in [2.24, 2.45) is 0 Å². The number of amides is 1. The molecule has 8 heteroatoms. The minimum absolute atomic E-state index is 0.00298. The molecule has 0 aliphatic rings. The Morgan fingerprint density at radius 3 is 2.80 bits per heavy atom. The number of para-hydroxylation sites is 1. The van der Waals surface area contributed by atoms with Crippen LogP contribution in [0.2, 0.25) is 0 Å². The van der Waals surface area contributed by atoms with Crippen LogP contribution in [0.1, 0.15) is 5.69 Å². The van der Waals surface area contributed by atoms with Crippen molar-refractivity contribution in [1.82, 2.24) is 13.9 Å². The van der Waals surface area contributed by atoms with Crippen LogP contribution >= 0.6 is 23.3 Å². The van der Waals surface area contributed by atoms with Gasteiger partial charge in [-0.05, 0) is 36.6 Å². The predicted octanol–water partition coefficient (Wildman–Crippen LogP) is 3.60. The van der Waals surface area contributed by atoms with Gasteiger partial charge in [0.05, 0.1) is 0 Å². The molecule has 1 aromatic carbocycles. The molecule has 0 aliphatic heterocycles. The Morgan fingerprint density at radius 2 is 2.12 bits per heavy atom. The minimum atomic E-state index is -0.507. The number of anilines is 1. The van der Waals surface area contributed by atoms with Crippen molar-refractivity contribution in [1.29, 1.82) is 5.26 Å². The van der Waals surface area contributed by atoms with Crippen LogP contribution in [-0.4, -0.2) is 26.1 Å². The Hall–Kier alpha value is -2.89. The third-order valence-corrected chi connectivity index (χ3v) is 4.58. The first-order valence-electron chi connectivity index (χ1n) is 7.25. The Morgan fingerprint density at radius 1 is 1.32 bits per heavy atom. The average molecular weight is 367 g/mol. The SMILES string of the molecule is CSc1nsc(NC(=O)/C(C#N)=C\c2cccn2-c2ccccc2)n1. The lowest BCUT2D eigenvalue weighted by Gasteiger charge is -2.06. The second-order valence-electron chi connectivity index (χ2n) is 4.85. The fourth-order valence-electron chi connectivity index (χ4n) is 2.14. The molecule has 1 N–H and O–H groups in total. The Balaban J connectivity index is 1.85. The number of carbonyl (C=O) groups is 1. The van der Waals surface area contributed by atoms with E-state index in [2.05, 4.69) is 14.7 Å². The molecule has 6 nitrogen and oxygen atoms in total. The highest BCUT2D eigenvalue weighted by Gasteiger charge is 2.13. The summed E-state index contributed by atoms with van der Waals surface area (Å²) in [6, 6.07) is 15.3.